The van der Waals surface area contributed by atoms with E-state index in [9.17, 15) is 13.6 Å². The lowest BCUT2D eigenvalue weighted by Gasteiger charge is -2.02. The summed E-state index contributed by atoms with van der Waals surface area (Å²) in [6.07, 6.45) is 0.867. The van der Waals surface area contributed by atoms with Gasteiger partial charge in [0.2, 0.25) is 0 Å². The van der Waals surface area contributed by atoms with Crippen molar-refractivity contribution in [1.82, 2.24) is 0 Å². The summed E-state index contributed by atoms with van der Waals surface area (Å²) in [5.74, 6) is -2.21. The number of halogens is 2. The SMILES string of the molecule is CCON=CC(=O)Nc1ccc(F)cc1F. The Labute approximate surface area is 90.9 Å². The molecule has 0 spiro atoms. The maximum atomic E-state index is 13.1. The zero-order valence-electron chi connectivity index (χ0n) is 8.54. The number of nitrogens with one attached hydrogen (secondary N) is 1. The van der Waals surface area contributed by atoms with Crippen molar-refractivity contribution in [2.45, 2.75) is 6.92 Å². The van der Waals surface area contributed by atoms with E-state index < -0.39 is 17.5 Å². The number of amides is 1. The highest BCUT2D eigenvalue weighted by Crippen LogP contribution is 2.14. The van der Waals surface area contributed by atoms with Crippen molar-refractivity contribution in [3.05, 3.63) is 29.8 Å². The molecule has 0 atom stereocenters. The van der Waals surface area contributed by atoms with Gasteiger partial charge in [-0.2, -0.15) is 0 Å². The molecule has 1 amide bonds. The molecule has 1 rings (SSSR count). The highest BCUT2D eigenvalue weighted by Gasteiger charge is 2.05. The molecule has 0 saturated heterocycles. The third-order valence-electron chi connectivity index (χ3n) is 1.56. The number of anilines is 1. The minimum absolute atomic E-state index is 0.116. The van der Waals surface area contributed by atoms with E-state index in [2.05, 4.69) is 15.3 Å². The van der Waals surface area contributed by atoms with Gasteiger partial charge in [-0.15, -0.1) is 0 Å². The lowest BCUT2D eigenvalue weighted by molar-refractivity contribution is -0.110. The first kappa shape index (κ1) is 12.1. The van der Waals surface area contributed by atoms with E-state index >= 15 is 0 Å². The molecule has 0 aromatic heterocycles. The second kappa shape index (κ2) is 5.79. The van der Waals surface area contributed by atoms with Crippen molar-refractivity contribution in [2.75, 3.05) is 11.9 Å². The molecule has 1 aromatic carbocycles. The van der Waals surface area contributed by atoms with Crippen LogP contribution in [-0.2, 0) is 9.63 Å². The summed E-state index contributed by atoms with van der Waals surface area (Å²) >= 11 is 0. The van der Waals surface area contributed by atoms with Crippen LogP contribution in [0.2, 0.25) is 0 Å². The van der Waals surface area contributed by atoms with Crippen molar-refractivity contribution in [3.8, 4) is 0 Å². The smallest absolute Gasteiger partial charge is 0.270 e. The molecule has 0 fully saturated rings. The van der Waals surface area contributed by atoms with Crippen LogP contribution in [0, 0.1) is 11.6 Å². The molecule has 4 nitrogen and oxygen atoms in total. The monoisotopic (exact) mass is 228 g/mol. The highest BCUT2D eigenvalue weighted by atomic mass is 19.1. The molecular weight excluding hydrogens is 218 g/mol. The predicted octanol–water partition coefficient (Wildman–Crippen LogP) is 1.93. The van der Waals surface area contributed by atoms with Crippen LogP contribution in [0.5, 0.6) is 0 Å². The Morgan fingerprint density at radius 2 is 2.31 bits per heavy atom. The Hall–Kier alpha value is -1.98. The molecule has 1 aromatic rings. The Balaban J connectivity index is 2.63. The maximum absolute atomic E-state index is 13.1. The number of carbonyl (C=O) groups excluding carboxylic acids is 1. The van der Waals surface area contributed by atoms with Crippen molar-refractivity contribution < 1.29 is 18.4 Å². The summed E-state index contributed by atoms with van der Waals surface area (Å²) in [6.45, 7) is 2.03. The number of oxime groups is 1. The molecular formula is C10H10F2N2O2. The molecule has 0 radical (unpaired) electrons. The molecule has 0 saturated carbocycles. The second-order valence-corrected chi connectivity index (χ2v) is 2.77. The quantitative estimate of drug-likeness (QED) is 0.632. The van der Waals surface area contributed by atoms with Crippen LogP contribution in [0.1, 0.15) is 6.92 Å². The topological polar surface area (TPSA) is 50.7 Å². The zero-order chi connectivity index (χ0) is 12.0. The average molecular weight is 228 g/mol. The summed E-state index contributed by atoms with van der Waals surface area (Å²) < 4.78 is 25.6. The first-order valence-electron chi connectivity index (χ1n) is 4.55. The number of benzene rings is 1. The van der Waals surface area contributed by atoms with Crippen LogP contribution in [-0.4, -0.2) is 18.7 Å². The maximum Gasteiger partial charge on any atom is 0.270 e. The molecule has 6 heteroatoms. The minimum atomic E-state index is -0.849. The van der Waals surface area contributed by atoms with Crippen LogP contribution >= 0.6 is 0 Å². The van der Waals surface area contributed by atoms with E-state index in [1.54, 1.807) is 6.92 Å². The van der Waals surface area contributed by atoms with Gasteiger partial charge in [0, 0.05) is 6.07 Å². The first-order chi connectivity index (χ1) is 7.63. The van der Waals surface area contributed by atoms with E-state index in [1.165, 1.54) is 0 Å². The molecule has 0 heterocycles. The molecule has 16 heavy (non-hydrogen) atoms. The average Bonchev–Trinajstić information content (AvgIpc) is 2.23. The normalized spacial score (nSPS) is 10.4. The first-order valence-corrected chi connectivity index (χ1v) is 4.55. The van der Waals surface area contributed by atoms with Gasteiger partial charge >= 0.3 is 0 Å². The van der Waals surface area contributed by atoms with Crippen LogP contribution in [0.25, 0.3) is 0 Å². The lowest BCUT2D eigenvalue weighted by Crippen LogP contribution is -2.14. The summed E-state index contributed by atoms with van der Waals surface area (Å²) in [5, 5.41) is 5.49. The third-order valence-corrected chi connectivity index (χ3v) is 1.56. The largest absolute Gasteiger partial charge is 0.396 e. The number of rotatable bonds is 4. The summed E-state index contributed by atoms with van der Waals surface area (Å²) in [4.78, 5) is 15.7. The van der Waals surface area contributed by atoms with Gasteiger partial charge in [0.05, 0.1) is 5.69 Å². The van der Waals surface area contributed by atoms with Crippen LogP contribution in [0.15, 0.2) is 23.4 Å². The van der Waals surface area contributed by atoms with Gasteiger partial charge in [0.15, 0.2) is 0 Å². The van der Waals surface area contributed by atoms with E-state index in [4.69, 9.17) is 0 Å². The Bertz CT molecular complexity index is 408. The van der Waals surface area contributed by atoms with Crippen molar-refractivity contribution in [2.24, 2.45) is 5.16 Å². The Morgan fingerprint density at radius 3 is 2.94 bits per heavy atom. The summed E-state index contributed by atoms with van der Waals surface area (Å²) in [7, 11) is 0. The Kier molecular flexibility index (Phi) is 4.38. The molecule has 0 aliphatic heterocycles. The minimum Gasteiger partial charge on any atom is -0.396 e. The van der Waals surface area contributed by atoms with E-state index in [0.29, 0.717) is 12.7 Å². The second-order valence-electron chi connectivity index (χ2n) is 2.77. The Morgan fingerprint density at radius 1 is 1.56 bits per heavy atom. The van der Waals surface area contributed by atoms with E-state index in [0.717, 1.165) is 18.3 Å². The van der Waals surface area contributed by atoms with Crippen molar-refractivity contribution >= 4 is 17.8 Å². The molecule has 86 valence electrons. The van der Waals surface area contributed by atoms with E-state index in [1.807, 2.05) is 0 Å². The van der Waals surface area contributed by atoms with E-state index in [-0.39, 0.29) is 5.69 Å². The molecule has 0 bridgehead atoms. The number of carbonyl (C=O) groups is 1. The standard InChI is InChI=1S/C10H10F2N2O2/c1-2-16-13-6-10(15)14-9-4-3-7(11)5-8(9)12/h3-6H,2H2,1H3,(H,14,15). The molecule has 0 unspecified atom stereocenters. The van der Waals surface area contributed by atoms with Gasteiger partial charge in [-0.25, -0.2) is 8.78 Å². The zero-order valence-corrected chi connectivity index (χ0v) is 8.54. The third kappa shape index (κ3) is 3.64. The fourth-order valence-corrected chi connectivity index (χ4v) is 0.916. The fraction of sp³-hybridized carbons (Fsp3) is 0.200. The number of hydrogen-bond acceptors (Lipinski definition) is 3. The fourth-order valence-electron chi connectivity index (χ4n) is 0.916. The van der Waals surface area contributed by atoms with Gasteiger partial charge in [-0.1, -0.05) is 5.16 Å². The summed E-state index contributed by atoms with van der Waals surface area (Å²) in [6, 6.07) is 2.84. The van der Waals surface area contributed by atoms with Gasteiger partial charge in [-0.05, 0) is 19.1 Å². The van der Waals surface area contributed by atoms with Crippen molar-refractivity contribution in [3.63, 3.8) is 0 Å². The van der Waals surface area contributed by atoms with Crippen molar-refractivity contribution in [1.29, 1.82) is 0 Å². The van der Waals surface area contributed by atoms with Crippen LogP contribution in [0.4, 0.5) is 14.5 Å². The molecule has 0 aliphatic carbocycles. The summed E-state index contributed by atoms with van der Waals surface area (Å²) in [5.41, 5.74) is -0.116. The van der Waals surface area contributed by atoms with Gasteiger partial charge in [0.1, 0.15) is 24.5 Å². The molecule has 0 aliphatic rings. The van der Waals surface area contributed by atoms with Crippen LogP contribution in [0.3, 0.4) is 0 Å². The lowest BCUT2D eigenvalue weighted by atomic mass is 10.3. The highest BCUT2D eigenvalue weighted by molar-refractivity contribution is 6.31. The van der Waals surface area contributed by atoms with Gasteiger partial charge < -0.3 is 10.2 Å². The predicted molar refractivity (Wildman–Crippen MR) is 55.1 cm³/mol. The molecule has 1 N–H and O–H groups in total. The van der Waals surface area contributed by atoms with Gasteiger partial charge in [0.25, 0.3) is 5.91 Å². The number of nitrogens with zero attached hydrogens (tertiary/aromatic N) is 1. The van der Waals surface area contributed by atoms with Crippen LogP contribution < -0.4 is 5.32 Å². The number of hydrogen-bond donors (Lipinski definition) is 1. The van der Waals surface area contributed by atoms with Gasteiger partial charge in [-0.3, -0.25) is 4.79 Å².